The number of nitrogens with zero attached hydrogens (tertiary/aromatic N) is 1. The topological polar surface area (TPSA) is 29.3 Å². The SMILES string of the molecule is CCCCN(C)c1cc(Br)ccc1N. The summed E-state index contributed by atoms with van der Waals surface area (Å²) in [7, 11) is 2.08. The van der Waals surface area contributed by atoms with Gasteiger partial charge in [-0.25, -0.2) is 0 Å². The van der Waals surface area contributed by atoms with Crippen molar-refractivity contribution < 1.29 is 0 Å². The fourth-order valence-electron chi connectivity index (χ4n) is 1.36. The van der Waals surface area contributed by atoms with Gasteiger partial charge in [-0.15, -0.1) is 0 Å². The summed E-state index contributed by atoms with van der Waals surface area (Å²) in [5, 5.41) is 0. The number of anilines is 2. The van der Waals surface area contributed by atoms with E-state index in [1.165, 1.54) is 12.8 Å². The second-order valence-corrected chi connectivity index (χ2v) is 4.39. The molecule has 0 fully saturated rings. The van der Waals surface area contributed by atoms with Crippen LogP contribution in [0.5, 0.6) is 0 Å². The summed E-state index contributed by atoms with van der Waals surface area (Å²) < 4.78 is 1.07. The molecule has 0 aromatic heterocycles. The molecular weight excluding hydrogens is 240 g/mol. The molecule has 0 heterocycles. The Bertz CT molecular complexity index is 299. The molecule has 0 spiro atoms. The molecule has 2 N–H and O–H groups in total. The number of benzene rings is 1. The molecule has 0 saturated carbocycles. The first kappa shape index (κ1) is 11.4. The third-order valence-electron chi connectivity index (χ3n) is 2.25. The van der Waals surface area contributed by atoms with Crippen molar-refractivity contribution in [2.75, 3.05) is 24.2 Å². The fraction of sp³-hybridized carbons (Fsp3) is 0.455. The first-order chi connectivity index (χ1) is 6.65. The van der Waals surface area contributed by atoms with Crippen LogP contribution in [-0.4, -0.2) is 13.6 Å². The van der Waals surface area contributed by atoms with E-state index in [0.717, 1.165) is 22.4 Å². The van der Waals surface area contributed by atoms with Crippen molar-refractivity contribution in [1.29, 1.82) is 0 Å². The Balaban J connectivity index is 2.77. The van der Waals surface area contributed by atoms with Gasteiger partial charge in [0.2, 0.25) is 0 Å². The zero-order chi connectivity index (χ0) is 10.6. The van der Waals surface area contributed by atoms with Crippen LogP contribution in [0.2, 0.25) is 0 Å². The van der Waals surface area contributed by atoms with Gasteiger partial charge in [0.1, 0.15) is 0 Å². The Labute approximate surface area is 94.2 Å². The Morgan fingerprint density at radius 1 is 1.43 bits per heavy atom. The van der Waals surface area contributed by atoms with Crippen LogP contribution in [-0.2, 0) is 0 Å². The molecule has 1 rings (SSSR count). The van der Waals surface area contributed by atoms with Gasteiger partial charge in [0.25, 0.3) is 0 Å². The minimum Gasteiger partial charge on any atom is -0.397 e. The monoisotopic (exact) mass is 256 g/mol. The lowest BCUT2D eigenvalue weighted by Crippen LogP contribution is -2.19. The molecule has 3 heteroatoms. The number of unbranched alkanes of at least 4 members (excludes halogenated alkanes) is 1. The first-order valence-corrected chi connectivity index (χ1v) is 5.70. The minimum atomic E-state index is 0.840. The van der Waals surface area contributed by atoms with Crippen molar-refractivity contribution in [3.05, 3.63) is 22.7 Å². The average molecular weight is 257 g/mol. The molecule has 1 aromatic rings. The number of hydrogen-bond acceptors (Lipinski definition) is 2. The predicted octanol–water partition coefficient (Wildman–Crippen LogP) is 3.27. The predicted molar refractivity (Wildman–Crippen MR) is 66.7 cm³/mol. The van der Waals surface area contributed by atoms with Crippen LogP contribution in [0.15, 0.2) is 22.7 Å². The van der Waals surface area contributed by atoms with Gasteiger partial charge >= 0.3 is 0 Å². The van der Waals surface area contributed by atoms with Gasteiger partial charge in [-0.3, -0.25) is 0 Å². The van der Waals surface area contributed by atoms with E-state index in [1.54, 1.807) is 0 Å². The largest absolute Gasteiger partial charge is 0.397 e. The number of rotatable bonds is 4. The summed E-state index contributed by atoms with van der Waals surface area (Å²) in [5.41, 5.74) is 7.84. The molecular formula is C11H17BrN2. The van der Waals surface area contributed by atoms with Crippen LogP contribution < -0.4 is 10.6 Å². The molecule has 0 aliphatic heterocycles. The third-order valence-corrected chi connectivity index (χ3v) is 2.74. The van der Waals surface area contributed by atoms with Gasteiger partial charge in [-0.1, -0.05) is 29.3 Å². The second kappa shape index (κ2) is 5.25. The van der Waals surface area contributed by atoms with Crippen molar-refractivity contribution in [2.24, 2.45) is 0 Å². The summed E-state index contributed by atoms with van der Waals surface area (Å²) in [5.74, 6) is 0. The Morgan fingerprint density at radius 2 is 2.14 bits per heavy atom. The fourth-order valence-corrected chi connectivity index (χ4v) is 1.71. The molecule has 78 valence electrons. The lowest BCUT2D eigenvalue weighted by Gasteiger charge is -2.20. The lowest BCUT2D eigenvalue weighted by molar-refractivity contribution is 0.767. The highest BCUT2D eigenvalue weighted by Crippen LogP contribution is 2.26. The van der Waals surface area contributed by atoms with E-state index in [0.29, 0.717) is 0 Å². The maximum absolute atomic E-state index is 5.90. The highest BCUT2D eigenvalue weighted by Gasteiger charge is 2.04. The smallest absolute Gasteiger partial charge is 0.0608 e. The number of nitrogen functional groups attached to an aromatic ring is 1. The molecule has 0 amide bonds. The van der Waals surface area contributed by atoms with Gasteiger partial charge in [0.05, 0.1) is 11.4 Å². The van der Waals surface area contributed by atoms with E-state index in [-0.39, 0.29) is 0 Å². The molecule has 0 aliphatic carbocycles. The maximum atomic E-state index is 5.90. The van der Waals surface area contributed by atoms with Crippen molar-refractivity contribution >= 4 is 27.3 Å². The van der Waals surface area contributed by atoms with Crippen molar-refractivity contribution in [3.63, 3.8) is 0 Å². The highest BCUT2D eigenvalue weighted by atomic mass is 79.9. The average Bonchev–Trinajstić information content (AvgIpc) is 2.18. The van der Waals surface area contributed by atoms with Gasteiger partial charge in [-0.2, -0.15) is 0 Å². The van der Waals surface area contributed by atoms with E-state index >= 15 is 0 Å². The lowest BCUT2D eigenvalue weighted by atomic mass is 10.2. The van der Waals surface area contributed by atoms with E-state index in [9.17, 15) is 0 Å². The summed E-state index contributed by atoms with van der Waals surface area (Å²) in [6.07, 6.45) is 2.40. The van der Waals surface area contributed by atoms with Crippen LogP contribution in [0.4, 0.5) is 11.4 Å². The van der Waals surface area contributed by atoms with Gasteiger partial charge in [-0.05, 0) is 24.6 Å². The molecule has 2 nitrogen and oxygen atoms in total. The number of halogens is 1. The van der Waals surface area contributed by atoms with Crippen LogP contribution >= 0.6 is 15.9 Å². The summed E-state index contributed by atoms with van der Waals surface area (Å²) >= 11 is 3.45. The van der Waals surface area contributed by atoms with Crippen LogP contribution in [0, 0.1) is 0 Å². The standard InChI is InChI=1S/C11H17BrN2/c1-3-4-7-14(2)11-8-9(12)5-6-10(11)13/h5-6,8H,3-4,7,13H2,1-2H3. The summed E-state index contributed by atoms with van der Waals surface area (Å²) in [6.45, 7) is 3.25. The maximum Gasteiger partial charge on any atom is 0.0608 e. The molecule has 0 unspecified atom stereocenters. The number of nitrogens with two attached hydrogens (primary N) is 1. The van der Waals surface area contributed by atoms with Gasteiger partial charge in [0, 0.05) is 18.1 Å². The van der Waals surface area contributed by atoms with Gasteiger partial charge in [0.15, 0.2) is 0 Å². The normalized spacial score (nSPS) is 10.2. The van der Waals surface area contributed by atoms with E-state index in [2.05, 4.69) is 40.9 Å². The third kappa shape index (κ3) is 2.91. The molecule has 0 atom stereocenters. The van der Waals surface area contributed by atoms with Crippen LogP contribution in [0.3, 0.4) is 0 Å². The second-order valence-electron chi connectivity index (χ2n) is 3.48. The molecule has 0 aliphatic rings. The molecule has 14 heavy (non-hydrogen) atoms. The zero-order valence-corrected chi connectivity index (χ0v) is 10.3. The molecule has 0 radical (unpaired) electrons. The zero-order valence-electron chi connectivity index (χ0n) is 8.76. The summed E-state index contributed by atoms with van der Waals surface area (Å²) in [4.78, 5) is 2.20. The van der Waals surface area contributed by atoms with Gasteiger partial charge < -0.3 is 10.6 Å². The Kier molecular flexibility index (Phi) is 4.26. The van der Waals surface area contributed by atoms with Crippen molar-refractivity contribution in [3.8, 4) is 0 Å². The quantitative estimate of drug-likeness (QED) is 0.839. The molecule has 1 aromatic carbocycles. The Hall–Kier alpha value is -0.700. The van der Waals surface area contributed by atoms with E-state index in [1.807, 2.05) is 12.1 Å². The van der Waals surface area contributed by atoms with Crippen molar-refractivity contribution in [1.82, 2.24) is 0 Å². The molecule has 0 bridgehead atoms. The first-order valence-electron chi connectivity index (χ1n) is 4.91. The highest BCUT2D eigenvalue weighted by molar-refractivity contribution is 9.10. The van der Waals surface area contributed by atoms with Crippen LogP contribution in [0.1, 0.15) is 19.8 Å². The Morgan fingerprint density at radius 3 is 2.79 bits per heavy atom. The van der Waals surface area contributed by atoms with Crippen molar-refractivity contribution in [2.45, 2.75) is 19.8 Å². The van der Waals surface area contributed by atoms with E-state index in [4.69, 9.17) is 5.73 Å². The van der Waals surface area contributed by atoms with E-state index < -0.39 is 0 Å². The number of hydrogen-bond donors (Lipinski definition) is 1. The molecule has 0 saturated heterocycles. The summed E-state index contributed by atoms with van der Waals surface area (Å²) in [6, 6.07) is 5.96. The minimum absolute atomic E-state index is 0.840. The van der Waals surface area contributed by atoms with Crippen LogP contribution in [0.25, 0.3) is 0 Å².